The van der Waals surface area contributed by atoms with Gasteiger partial charge in [0, 0.05) is 44.3 Å². The van der Waals surface area contributed by atoms with Gasteiger partial charge in [-0.15, -0.1) is 0 Å². The number of hydrogen-bond donors (Lipinski definition) is 1. The first-order valence-corrected chi connectivity index (χ1v) is 7.32. The fraction of sp³-hybridized carbons (Fsp3) is 0.438. The van der Waals surface area contributed by atoms with Crippen molar-refractivity contribution in [1.29, 1.82) is 0 Å². The second-order valence-electron chi connectivity index (χ2n) is 5.06. The highest BCUT2D eigenvalue weighted by Gasteiger charge is 2.00. The van der Waals surface area contributed by atoms with Crippen LogP contribution in [0, 0.1) is 0 Å². The number of anilines is 1. The highest BCUT2D eigenvalue weighted by atomic mass is 16.1. The van der Waals surface area contributed by atoms with Crippen LogP contribution in [-0.4, -0.2) is 9.13 Å². The standard InChI is InChI=1S/C16H23N3O/c1-3-8-18-10-7-14(12-18)11-17-15-5-6-16(20)19(13-15)9-4-2/h5-7,10,12-13,17H,3-4,8-9,11H2,1-2H3. The Labute approximate surface area is 120 Å². The molecule has 0 aliphatic heterocycles. The van der Waals surface area contributed by atoms with Crippen LogP contribution in [0.1, 0.15) is 32.3 Å². The molecule has 4 nitrogen and oxygen atoms in total. The van der Waals surface area contributed by atoms with Crippen molar-refractivity contribution in [3.05, 3.63) is 52.7 Å². The highest BCUT2D eigenvalue weighted by Crippen LogP contribution is 2.08. The predicted molar refractivity (Wildman–Crippen MR) is 83.0 cm³/mol. The van der Waals surface area contributed by atoms with Gasteiger partial charge in [-0.3, -0.25) is 4.79 Å². The van der Waals surface area contributed by atoms with Crippen molar-refractivity contribution in [3.8, 4) is 0 Å². The zero-order chi connectivity index (χ0) is 14.4. The van der Waals surface area contributed by atoms with Crippen LogP contribution in [0.3, 0.4) is 0 Å². The second kappa shape index (κ2) is 6.98. The average Bonchev–Trinajstić information content (AvgIpc) is 2.88. The van der Waals surface area contributed by atoms with Crippen molar-refractivity contribution >= 4 is 5.69 Å². The molecule has 2 rings (SSSR count). The summed E-state index contributed by atoms with van der Waals surface area (Å²) in [5, 5.41) is 3.37. The van der Waals surface area contributed by atoms with E-state index in [0.717, 1.165) is 38.2 Å². The van der Waals surface area contributed by atoms with Gasteiger partial charge in [0.15, 0.2) is 0 Å². The van der Waals surface area contributed by atoms with Gasteiger partial charge < -0.3 is 14.5 Å². The molecule has 2 aromatic rings. The second-order valence-corrected chi connectivity index (χ2v) is 5.06. The molecule has 0 atom stereocenters. The number of aryl methyl sites for hydroxylation is 2. The Morgan fingerprint density at radius 2 is 1.85 bits per heavy atom. The highest BCUT2D eigenvalue weighted by molar-refractivity contribution is 5.41. The Morgan fingerprint density at radius 3 is 2.60 bits per heavy atom. The Bertz CT molecular complexity index is 598. The van der Waals surface area contributed by atoms with Crippen LogP contribution >= 0.6 is 0 Å². The molecule has 0 amide bonds. The molecule has 0 saturated carbocycles. The van der Waals surface area contributed by atoms with E-state index in [9.17, 15) is 4.79 Å². The van der Waals surface area contributed by atoms with Crippen LogP contribution in [0.25, 0.3) is 0 Å². The van der Waals surface area contributed by atoms with E-state index >= 15 is 0 Å². The first-order chi connectivity index (χ1) is 9.72. The molecule has 0 aliphatic rings. The molecule has 4 heteroatoms. The van der Waals surface area contributed by atoms with E-state index in [4.69, 9.17) is 0 Å². The molecule has 0 spiro atoms. The van der Waals surface area contributed by atoms with Gasteiger partial charge >= 0.3 is 0 Å². The number of aromatic nitrogens is 2. The Kier molecular flexibility index (Phi) is 5.04. The molecular formula is C16H23N3O. The molecular weight excluding hydrogens is 250 g/mol. The van der Waals surface area contributed by atoms with Crippen molar-refractivity contribution in [2.75, 3.05) is 5.32 Å². The SMILES string of the molecule is CCCn1ccc(CNc2ccc(=O)n(CCC)c2)c1. The largest absolute Gasteiger partial charge is 0.380 e. The lowest BCUT2D eigenvalue weighted by molar-refractivity contribution is 0.655. The van der Waals surface area contributed by atoms with E-state index in [1.165, 1.54) is 5.56 Å². The van der Waals surface area contributed by atoms with Crippen LogP contribution in [0.4, 0.5) is 5.69 Å². The summed E-state index contributed by atoms with van der Waals surface area (Å²) < 4.78 is 3.96. The minimum Gasteiger partial charge on any atom is -0.380 e. The number of rotatable bonds is 7. The van der Waals surface area contributed by atoms with Gasteiger partial charge in [0.1, 0.15) is 0 Å². The van der Waals surface area contributed by atoms with E-state index < -0.39 is 0 Å². The van der Waals surface area contributed by atoms with Gasteiger partial charge in [-0.05, 0) is 30.5 Å². The van der Waals surface area contributed by atoms with Crippen LogP contribution in [0.5, 0.6) is 0 Å². The van der Waals surface area contributed by atoms with E-state index in [2.05, 4.69) is 42.2 Å². The third-order valence-corrected chi connectivity index (χ3v) is 3.24. The van der Waals surface area contributed by atoms with Crippen molar-refractivity contribution in [1.82, 2.24) is 9.13 Å². The summed E-state index contributed by atoms with van der Waals surface area (Å²) in [6, 6.07) is 5.60. The Morgan fingerprint density at radius 1 is 1.05 bits per heavy atom. The number of hydrogen-bond acceptors (Lipinski definition) is 2. The molecule has 2 aromatic heterocycles. The van der Waals surface area contributed by atoms with E-state index in [1.54, 1.807) is 10.6 Å². The third-order valence-electron chi connectivity index (χ3n) is 3.24. The minimum absolute atomic E-state index is 0.0616. The van der Waals surface area contributed by atoms with E-state index in [-0.39, 0.29) is 5.56 Å². The summed E-state index contributed by atoms with van der Waals surface area (Å²) in [7, 11) is 0. The first-order valence-electron chi connectivity index (χ1n) is 7.32. The maximum atomic E-state index is 11.6. The van der Waals surface area contributed by atoms with Gasteiger partial charge in [0.2, 0.25) is 0 Å². The molecule has 20 heavy (non-hydrogen) atoms. The van der Waals surface area contributed by atoms with Gasteiger partial charge in [0.25, 0.3) is 5.56 Å². The molecule has 0 saturated heterocycles. The zero-order valence-corrected chi connectivity index (χ0v) is 12.3. The minimum atomic E-state index is 0.0616. The fourth-order valence-corrected chi connectivity index (χ4v) is 2.25. The Balaban J connectivity index is 1.99. The maximum absolute atomic E-state index is 11.6. The summed E-state index contributed by atoms with van der Waals surface area (Å²) >= 11 is 0. The van der Waals surface area contributed by atoms with E-state index in [1.807, 2.05) is 12.3 Å². The van der Waals surface area contributed by atoms with Crippen LogP contribution < -0.4 is 10.9 Å². The van der Waals surface area contributed by atoms with Crippen molar-refractivity contribution in [3.63, 3.8) is 0 Å². The molecule has 0 aliphatic carbocycles. The third kappa shape index (κ3) is 3.76. The smallest absolute Gasteiger partial charge is 0.250 e. The summed E-state index contributed by atoms with van der Waals surface area (Å²) in [4.78, 5) is 11.6. The molecule has 0 bridgehead atoms. The molecule has 0 fully saturated rings. The Hall–Kier alpha value is -1.97. The van der Waals surface area contributed by atoms with Crippen LogP contribution in [0.2, 0.25) is 0 Å². The maximum Gasteiger partial charge on any atom is 0.250 e. The van der Waals surface area contributed by atoms with Crippen LogP contribution in [0.15, 0.2) is 41.6 Å². The summed E-state index contributed by atoms with van der Waals surface area (Å²) in [6.07, 6.45) is 8.28. The lowest BCUT2D eigenvalue weighted by Crippen LogP contribution is -2.18. The number of nitrogens with zero attached hydrogens (tertiary/aromatic N) is 2. The van der Waals surface area contributed by atoms with Gasteiger partial charge in [-0.25, -0.2) is 0 Å². The molecule has 2 heterocycles. The van der Waals surface area contributed by atoms with Crippen molar-refractivity contribution in [2.24, 2.45) is 0 Å². The molecule has 0 radical (unpaired) electrons. The van der Waals surface area contributed by atoms with Crippen molar-refractivity contribution < 1.29 is 0 Å². The lowest BCUT2D eigenvalue weighted by Gasteiger charge is -2.09. The molecule has 108 valence electrons. The first kappa shape index (κ1) is 14.4. The zero-order valence-electron chi connectivity index (χ0n) is 12.3. The lowest BCUT2D eigenvalue weighted by atomic mass is 10.3. The van der Waals surface area contributed by atoms with Gasteiger partial charge in [0.05, 0.1) is 5.69 Å². The summed E-state index contributed by atoms with van der Waals surface area (Å²) in [6.45, 7) is 6.85. The van der Waals surface area contributed by atoms with Gasteiger partial charge in [-0.1, -0.05) is 13.8 Å². The molecule has 0 aromatic carbocycles. The van der Waals surface area contributed by atoms with Crippen LogP contribution in [-0.2, 0) is 19.6 Å². The monoisotopic (exact) mass is 273 g/mol. The quantitative estimate of drug-likeness (QED) is 0.842. The number of nitrogens with one attached hydrogen (secondary N) is 1. The predicted octanol–water partition coefficient (Wildman–Crippen LogP) is 3.08. The molecule has 0 unspecified atom stereocenters. The topological polar surface area (TPSA) is 39.0 Å². The normalized spacial score (nSPS) is 10.7. The fourth-order valence-electron chi connectivity index (χ4n) is 2.25. The van der Waals surface area contributed by atoms with Crippen molar-refractivity contribution in [2.45, 2.75) is 46.3 Å². The van der Waals surface area contributed by atoms with Gasteiger partial charge in [-0.2, -0.15) is 0 Å². The molecule has 1 N–H and O–H groups in total. The summed E-state index contributed by atoms with van der Waals surface area (Å²) in [5.41, 5.74) is 2.31. The average molecular weight is 273 g/mol. The van der Waals surface area contributed by atoms with E-state index in [0.29, 0.717) is 0 Å². The number of pyridine rings is 1. The summed E-state index contributed by atoms with van der Waals surface area (Å²) in [5.74, 6) is 0.